The van der Waals surface area contributed by atoms with Crippen molar-refractivity contribution in [1.82, 2.24) is 40.1 Å². The first-order valence-electron chi connectivity index (χ1n) is 14.8. The molecule has 2 fully saturated rings. The third-order valence-corrected chi connectivity index (χ3v) is 9.18. The van der Waals surface area contributed by atoms with Gasteiger partial charge in [0.05, 0.1) is 46.2 Å². The number of nitrogens with one attached hydrogen (secondary N) is 2. The SMILES string of the molecule is C=CCN1CC(=O)N2[C@@H](Cc3ccc4nc[nH]c4c3)C(=O)N(Cc3cccc4scnc34)C[C@@H]2N1C(=O)NCc1ccccc1. The van der Waals surface area contributed by atoms with Crippen LogP contribution in [0, 0.1) is 0 Å². The van der Waals surface area contributed by atoms with Crippen LogP contribution in [0.3, 0.4) is 0 Å². The van der Waals surface area contributed by atoms with Crippen molar-refractivity contribution in [3.8, 4) is 0 Å². The molecule has 0 spiro atoms. The first-order chi connectivity index (χ1) is 22.0. The van der Waals surface area contributed by atoms with E-state index in [2.05, 4.69) is 26.8 Å². The summed E-state index contributed by atoms with van der Waals surface area (Å²) in [6.07, 6.45) is 2.86. The van der Waals surface area contributed by atoms with Gasteiger partial charge in [-0.3, -0.25) is 9.59 Å². The second kappa shape index (κ2) is 12.1. The number of benzene rings is 3. The number of hydrogen-bond acceptors (Lipinski definition) is 7. The number of aromatic amines is 1. The van der Waals surface area contributed by atoms with Crippen molar-refractivity contribution in [3.63, 3.8) is 0 Å². The van der Waals surface area contributed by atoms with Crippen LogP contribution in [0.5, 0.6) is 0 Å². The average molecular weight is 621 g/mol. The molecule has 45 heavy (non-hydrogen) atoms. The van der Waals surface area contributed by atoms with Crippen molar-refractivity contribution in [2.24, 2.45) is 0 Å². The van der Waals surface area contributed by atoms with E-state index in [0.29, 0.717) is 19.6 Å². The number of para-hydroxylation sites is 1. The zero-order chi connectivity index (χ0) is 30.9. The number of imidazole rings is 1. The highest BCUT2D eigenvalue weighted by Crippen LogP contribution is 2.31. The standard InChI is InChI=1S/C33H32N8O3S/c1-2-13-39-19-30(42)40-27(15-23-11-12-25-26(14-23)36-20-35-25)32(43)38(17-24-9-6-10-28-31(24)37-21-45-28)18-29(40)41(39)33(44)34-16-22-7-4-3-5-8-22/h2-12,14,20-21,27,29H,1,13,15-19H2,(H,34,44)(H,35,36)/t27-,29-/m0/s1. The molecular formula is C33H32N8O3S. The number of nitrogens with zero attached hydrogens (tertiary/aromatic N) is 6. The zero-order valence-corrected chi connectivity index (χ0v) is 25.3. The molecule has 5 aromatic rings. The summed E-state index contributed by atoms with van der Waals surface area (Å²) in [7, 11) is 0. The number of fused-ring (bicyclic) bond motifs is 3. The maximum atomic E-state index is 14.4. The van der Waals surface area contributed by atoms with Crippen molar-refractivity contribution in [1.29, 1.82) is 0 Å². The van der Waals surface area contributed by atoms with Gasteiger partial charge in [0.1, 0.15) is 12.2 Å². The first-order valence-corrected chi connectivity index (χ1v) is 15.7. The molecule has 11 nitrogen and oxygen atoms in total. The summed E-state index contributed by atoms with van der Waals surface area (Å²) >= 11 is 1.55. The number of amides is 4. The van der Waals surface area contributed by atoms with Gasteiger partial charge in [0, 0.05) is 26.1 Å². The molecule has 0 unspecified atom stereocenters. The summed E-state index contributed by atoms with van der Waals surface area (Å²) in [5.74, 6) is -0.380. The number of rotatable bonds is 8. The lowest BCUT2D eigenvalue weighted by molar-refractivity contribution is -0.189. The Balaban J connectivity index is 1.25. The quantitative estimate of drug-likeness (QED) is 0.254. The van der Waals surface area contributed by atoms with Gasteiger partial charge in [-0.1, -0.05) is 54.6 Å². The van der Waals surface area contributed by atoms with Gasteiger partial charge < -0.3 is 20.1 Å². The van der Waals surface area contributed by atoms with Crippen LogP contribution >= 0.6 is 11.3 Å². The molecule has 2 atom stereocenters. The highest BCUT2D eigenvalue weighted by Gasteiger charge is 2.51. The van der Waals surface area contributed by atoms with Gasteiger partial charge in [0.2, 0.25) is 11.8 Å². The Labute approximate surface area is 263 Å². The lowest BCUT2D eigenvalue weighted by Crippen LogP contribution is -2.76. The second-order valence-corrected chi connectivity index (χ2v) is 12.1. The fourth-order valence-corrected chi connectivity index (χ4v) is 7.03. The minimum atomic E-state index is -0.818. The lowest BCUT2D eigenvalue weighted by atomic mass is 9.98. The molecule has 0 radical (unpaired) electrons. The van der Waals surface area contributed by atoms with Gasteiger partial charge in [0.15, 0.2) is 0 Å². The Morgan fingerprint density at radius 1 is 1.07 bits per heavy atom. The van der Waals surface area contributed by atoms with Crippen LogP contribution in [-0.2, 0) is 29.1 Å². The van der Waals surface area contributed by atoms with E-state index in [1.54, 1.807) is 49.1 Å². The molecule has 2 aromatic heterocycles. The summed E-state index contributed by atoms with van der Waals surface area (Å²) in [5.41, 5.74) is 7.07. The minimum Gasteiger partial charge on any atom is -0.345 e. The fourth-order valence-electron chi connectivity index (χ4n) is 6.31. The molecule has 2 aliphatic rings. The van der Waals surface area contributed by atoms with E-state index in [9.17, 15) is 14.4 Å². The summed E-state index contributed by atoms with van der Waals surface area (Å²) in [6.45, 7) is 4.87. The summed E-state index contributed by atoms with van der Waals surface area (Å²) < 4.78 is 1.04. The van der Waals surface area contributed by atoms with E-state index >= 15 is 0 Å². The Morgan fingerprint density at radius 3 is 2.78 bits per heavy atom. The number of urea groups is 1. The number of hydrazine groups is 1. The molecule has 3 aromatic carbocycles. The van der Waals surface area contributed by atoms with Crippen molar-refractivity contribution in [2.75, 3.05) is 19.6 Å². The molecule has 2 saturated heterocycles. The van der Waals surface area contributed by atoms with Gasteiger partial charge in [-0.05, 0) is 34.9 Å². The van der Waals surface area contributed by atoms with E-state index in [-0.39, 0.29) is 37.4 Å². The van der Waals surface area contributed by atoms with E-state index in [0.717, 1.165) is 37.9 Å². The highest BCUT2D eigenvalue weighted by atomic mass is 32.1. The Kier molecular flexibility index (Phi) is 7.74. The predicted molar refractivity (Wildman–Crippen MR) is 172 cm³/mol. The van der Waals surface area contributed by atoms with Crippen molar-refractivity contribution in [3.05, 3.63) is 108 Å². The topological polar surface area (TPSA) is 118 Å². The van der Waals surface area contributed by atoms with Crippen molar-refractivity contribution >= 4 is 50.4 Å². The van der Waals surface area contributed by atoms with E-state index in [1.807, 2.05) is 66.7 Å². The zero-order valence-electron chi connectivity index (χ0n) is 24.5. The van der Waals surface area contributed by atoms with Gasteiger partial charge in [0.25, 0.3) is 0 Å². The Bertz CT molecular complexity index is 1890. The van der Waals surface area contributed by atoms with Gasteiger partial charge in [-0.2, -0.15) is 0 Å². The normalized spacial score (nSPS) is 18.9. The monoisotopic (exact) mass is 620 g/mol. The van der Waals surface area contributed by atoms with Crippen molar-refractivity contribution < 1.29 is 14.4 Å². The molecule has 0 aliphatic carbocycles. The number of aromatic nitrogens is 3. The van der Waals surface area contributed by atoms with Gasteiger partial charge in [-0.15, -0.1) is 17.9 Å². The minimum absolute atomic E-state index is 0.0528. The number of hydrogen-bond donors (Lipinski definition) is 2. The third-order valence-electron chi connectivity index (χ3n) is 8.38. The molecular weight excluding hydrogens is 588 g/mol. The van der Waals surface area contributed by atoms with Crippen LogP contribution < -0.4 is 5.32 Å². The maximum absolute atomic E-state index is 14.4. The third kappa shape index (κ3) is 5.54. The molecule has 2 N–H and O–H groups in total. The first kappa shape index (κ1) is 28.7. The van der Waals surface area contributed by atoms with E-state index in [4.69, 9.17) is 0 Å². The molecule has 4 heterocycles. The number of carbonyl (C=O) groups excluding carboxylic acids is 3. The molecule has 7 rings (SSSR count). The average Bonchev–Trinajstić information content (AvgIpc) is 3.73. The van der Waals surface area contributed by atoms with E-state index < -0.39 is 12.2 Å². The number of carbonyl (C=O) groups is 3. The van der Waals surface area contributed by atoms with Crippen LogP contribution in [0.2, 0.25) is 0 Å². The Hall–Kier alpha value is -5.07. The van der Waals surface area contributed by atoms with Crippen LogP contribution in [0.15, 0.2) is 91.2 Å². The number of piperazine rings is 1. The second-order valence-electron chi connectivity index (χ2n) is 11.2. The predicted octanol–water partition coefficient (Wildman–Crippen LogP) is 3.91. The number of H-pyrrole nitrogens is 1. The molecule has 12 heteroatoms. The van der Waals surface area contributed by atoms with Crippen LogP contribution in [0.1, 0.15) is 16.7 Å². The van der Waals surface area contributed by atoms with Crippen LogP contribution in [0.4, 0.5) is 4.79 Å². The van der Waals surface area contributed by atoms with E-state index in [1.165, 1.54) is 0 Å². The Morgan fingerprint density at radius 2 is 1.93 bits per heavy atom. The summed E-state index contributed by atoms with van der Waals surface area (Å²) in [6, 6.07) is 20.2. The van der Waals surface area contributed by atoms with Crippen LogP contribution in [0.25, 0.3) is 21.3 Å². The van der Waals surface area contributed by atoms with Gasteiger partial charge >= 0.3 is 6.03 Å². The molecule has 228 valence electrons. The largest absolute Gasteiger partial charge is 0.345 e. The summed E-state index contributed by atoms with van der Waals surface area (Å²) in [4.78, 5) is 57.6. The molecule has 2 aliphatic heterocycles. The number of thiazole rings is 1. The van der Waals surface area contributed by atoms with Crippen LogP contribution in [-0.4, -0.2) is 84.5 Å². The smallest absolute Gasteiger partial charge is 0.334 e. The highest BCUT2D eigenvalue weighted by molar-refractivity contribution is 7.16. The molecule has 0 bridgehead atoms. The van der Waals surface area contributed by atoms with Gasteiger partial charge in [-0.25, -0.2) is 24.8 Å². The lowest BCUT2D eigenvalue weighted by Gasteiger charge is -2.55. The molecule has 4 amide bonds. The fraction of sp³-hybridized carbons (Fsp3) is 0.242. The summed E-state index contributed by atoms with van der Waals surface area (Å²) in [5, 5.41) is 6.34. The molecule has 0 saturated carbocycles. The maximum Gasteiger partial charge on any atom is 0.334 e. The van der Waals surface area contributed by atoms with Crippen molar-refractivity contribution in [2.45, 2.75) is 31.7 Å².